The molecule has 0 spiro atoms. The quantitative estimate of drug-likeness (QED) is 0.516. The smallest absolute Gasteiger partial charge is 0.295 e. The monoisotopic (exact) mass is 270 g/mol. The number of hydrogen-bond donors (Lipinski definition) is 1. The topological polar surface area (TPSA) is 86.2 Å². The van der Waals surface area contributed by atoms with Gasteiger partial charge in [0.2, 0.25) is 0 Å². The summed E-state index contributed by atoms with van der Waals surface area (Å²) >= 11 is 1.09. The van der Waals surface area contributed by atoms with Gasteiger partial charge in [-0.1, -0.05) is 23.9 Å². The molecular weight excluding hydrogens is 259 g/mol. The summed E-state index contributed by atoms with van der Waals surface area (Å²) in [5, 5.41) is 10.6. The van der Waals surface area contributed by atoms with Crippen LogP contribution in [0.2, 0.25) is 0 Å². The number of nitro groups is 1. The number of nitrogens with two attached hydrogens (primary N) is 1. The normalized spacial score (nSPS) is 10.8. The lowest BCUT2D eigenvalue weighted by molar-refractivity contribution is -0.384. The van der Waals surface area contributed by atoms with Gasteiger partial charge >= 0.3 is 0 Å². The molecule has 0 atom stereocenters. The number of thioether (sulfide) groups is 1. The molecule has 1 aromatic carbocycles. The van der Waals surface area contributed by atoms with Crippen molar-refractivity contribution < 1.29 is 14.1 Å². The summed E-state index contributed by atoms with van der Waals surface area (Å²) in [6.45, 7) is 1.44. The second-order valence-electron chi connectivity index (χ2n) is 3.40. The molecule has 0 amide bonds. The molecule has 1 rings (SSSR count). The van der Waals surface area contributed by atoms with Crippen molar-refractivity contribution in [2.24, 2.45) is 0 Å². The number of anilines is 1. The third-order valence-electron chi connectivity index (χ3n) is 2.02. The highest BCUT2D eigenvalue weighted by atomic mass is 32.2. The van der Waals surface area contributed by atoms with E-state index in [-0.39, 0.29) is 5.12 Å². The van der Waals surface area contributed by atoms with Crippen molar-refractivity contribution in [1.82, 2.24) is 0 Å². The lowest BCUT2D eigenvalue weighted by Crippen LogP contribution is -1.99. The van der Waals surface area contributed by atoms with E-state index in [1.54, 1.807) is 6.08 Å². The van der Waals surface area contributed by atoms with Crippen LogP contribution < -0.4 is 5.73 Å². The van der Waals surface area contributed by atoms with E-state index in [1.165, 1.54) is 19.1 Å². The Morgan fingerprint density at radius 2 is 2.28 bits per heavy atom. The van der Waals surface area contributed by atoms with Gasteiger partial charge < -0.3 is 5.73 Å². The Labute approximate surface area is 107 Å². The molecule has 18 heavy (non-hydrogen) atoms. The second-order valence-corrected chi connectivity index (χ2v) is 4.59. The predicted molar refractivity (Wildman–Crippen MR) is 69.6 cm³/mol. The van der Waals surface area contributed by atoms with Crippen LogP contribution >= 0.6 is 11.8 Å². The molecule has 7 heteroatoms. The minimum atomic E-state index is -0.830. The average Bonchev–Trinajstić information content (AvgIpc) is 2.28. The number of halogens is 1. The Balaban J connectivity index is 2.90. The second kappa shape index (κ2) is 6.15. The Morgan fingerprint density at radius 3 is 2.83 bits per heavy atom. The van der Waals surface area contributed by atoms with E-state index in [2.05, 4.69) is 0 Å². The lowest BCUT2D eigenvalue weighted by Gasteiger charge is -2.00. The summed E-state index contributed by atoms with van der Waals surface area (Å²) in [6, 6.07) is 2.30. The molecule has 0 heterocycles. The van der Waals surface area contributed by atoms with Gasteiger partial charge in [-0.3, -0.25) is 14.9 Å². The summed E-state index contributed by atoms with van der Waals surface area (Å²) in [4.78, 5) is 20.6. The Hall–Kier alpha value is -1.89. The summed E-state index contributed by atoms with van der Waals surface area (Å²) < 4.78 is 13.3. The minimum Gasteiger partial charge on any atom is -0.391 e. The van der Waals surface area contributed by atoms with Gasteiger partial charge in [0.05, 0.1) is 4.92 Å². The van der Waals surface area contributed by atoms with Crippen molar-refractivity contribution in [2.75, 3.05) is 11.5 Å². The van der Waals surface area contributed by atoms with Crippen LogP contribution in [0.4, 0.5) is 15.8 Å². The number of carbonyl (C=O) groups is 1. The minimum absolute atomic E-state index is 0.0332. The predicted octanol–water partition coefficient (Wildman–Crippen LogP) is 2.61. The SMILES string of the molecule is CC(=O)SCC=Cc1cc(F)c(N)c([N+](=O)[O-])c1. The van der Waals surface area contributed by atoms with Gasteiger partial charge in [-0.05, 0) is 11.6 Å². The Bertz CT molecular complexity index is 517. The highest BCUT2D eigenvalue weighted by molar-refractivity contribution is 8.13. The first kappa shape index (κ1) is 14.2. The van der Waals surface area contributed by atoms with Gasteiger partial charge in [0.15, 0.2) is 10.9 Å². The summed E-state index contributed by atoms with van der Waals surface area (Å²) in [5.41, 5.74) is 4.65. The molecule has 96 valence electrons. The van der Waals surface area contributed by atoms with Crippen LogP contribution in [-0.2, 0) is 4.79 Å². The molecular formula is C11H11FN2O3S. The number of hydrogen-bond acceptors (Lipinski definition) is 5. The fraction of sp³-hybridized carbons (Fsp3) is 0.182. The van der Waals surface area contributed by atoms with E-state index in [4.69, 9.17) is 5.73 Å². The molecule has 0 radical (unpaired) electrons. The van der Waals surface area contributed by atoms with Crippen LogP contribution in [0.3, 0.4) is 0 Å². The first-order chi connectivity index (χ1) is 8.41. The highest BCUT2D eigenvalue weighted by Crippen LogP contribution is 2.26. The third-order valence-corrected chi connectivity index (χ3v) is 2.79. The van der Waals surface area contributed by atoms with Crippen molar-refractivity contribution >= 4 is 34.3 Å². The standard InChI is InChI=1S/C11H11FN2O3S/c1-7(15)18-4-2-3-8-5-9(12)11(13)10(6-8)14(16)17/h2-3,5-6H,4,13H2,1H3. The molecule has 0 bridgehead atoms. The number of nitro benzene ring substituents is 1. The molecule has 0 saturated carbocycles. The summed E-state index contributed by atoms with van der Waals surface area (Å²) in [6.07, 6.45) is 3.13. The Morgan fingerprint density at radius 1 is 1.61 bits per heavy atom. The molecule has 0 saturated heterocycles. The largest absolute Gasteiger partial charge is 0.391 e. The zero-order chi connectivity index (χ0) is 13.7. The number of nitrogens with zero attached hydrogens (tertiary/aromatic N) is 1. The van der Waals surface area contributed by atoms with Gasteiger partial charge in [-0.25, -0.2) is 4.39 Å². The van der Waals surface area contributed by atoms with Crippen LogP contribution in [0.1, 0.15) is 12.5 Å². The molecule has 0 unspecified atom stereocenters. The maximum absolute atomic E-state index is 13.3. The first-order valence-electron chi connectivity index (χ1n) is 4.95. The third kappa shape index (κ3) is 3.85. The van der Waals surface area contributed by atoms with Crippen LogP contribution in [-0.4, -0.2) is 15.8 Å². The number of nitrogen functional groups attached to an aromatic ring is 1. The van der Waals surface area contributed by atoms with Crippen molar-refractivity contribution in [1.29, 1.82) is 0 Å². The van der Waals surface area contributed by atoms with Gasteiger partial charge in [0.1, 0.15) is 5.69 Å². The fourth-order valence-corrected chi connectivity index (χ4v) is 1.65. The Kier molecular flexibility index (Phi) is 4.85. The number of rotatable bonds is 4. The molecule has 0 aliphatic rings. The molecule has 1 aromatic rings. The molecule has 0 aliphatic heterocycles. The molecule has 0 fully saturated rings. The van der Waals surface area contributed by atoms with Crippen molar-refractivity contribution in [3.63, 3.8) is 0 Å². The number of carbonyl (C=O) groups excluding carboxylic acids is 1. The highest BCUT2D eigenvalue weighted by Gasteiger charge is 2.16. The maximum atomic E-state index is 13.3. The fourth-order valence-electron chi connectivity index (χ4n) is 1.22. The summed E-state index contributed by atoms with van der Waals surface area (Å²) in [7, 11) is 0. The van der Waals surface area contributed by atoms with Crippen LogP contribution in [0, 0.1) is 15.9 Å². The lowest BCUT2D eigenvalue weighted by atomic mass is 10.1. The van der Waals surface area contributed by atoms with Gasteiger partial charge in [0, 0.05) is 18.7 Å². The van der Waals surface area contributed by atoms with Gasteiger partial charge in [-0.15, -0.1) is 0 Å². The first-order valence-corrected chi connectivity index (χ1v) is 5.93. The molecule has 5 nitrogen and oxygen atoms in total. The zero-order valence-electron chi connectivity index (χ0n) is 9.55. The number of benzene rings is 1. The van der Waals surface area contributed by atoms with E-state index in [0.717, 1.165) is 17.8 Å². The van der Waals surface area contributed by atoms with E-state index in [0.29, 0.717) is 11.3 Å². The van der Waals surface area contributed by atoms with Crippen LogP contribution in [0.5, 0.6) is 0 Å². The van der Waals surface area contributed by atoms with Crippen LogP contribution in [0.15, 0.2) is 18.2 Å². The molecule has 0 aromatic heterocycles. The van der Waals surface area contributed by atoms with Gasteiger partial charge in [0.25, 0.3) is 5.69 Å². The molecule has 2 N–H and O–H groups in total. The van der Waals surface area contributed by atoms with Crippen molar-refractivity contribution in [3.05, 3.63) is 39.7 Å². The van der Waals surface area contributed by atoms with Crippen molar-refractivity contribution in [2.45, 2.75) is 6.92 Å². The van der Waals surface area contributed by atoms with E-state index < -0.39 is 22.1 Å². The average molecular weight is 270 g/mol. The zero-order valence-corrected chi connectivity index (χ0v) is 10.4. The van der Waals surface area contributed by atoms with Crippen LogP contribution in [0.25, 0.3) is 6.08 Å². The maximum Gasteiger partial charge on any atom is 0.295 e. The van der Waals surface area contributed by atoms with E-state index in [1.807, 2.05) is 0 Å². The molecule has 0 aliphatic carbocycles. The van der Waals surface area contributed by atoms with Crippen molar-refractivity contribution in [3.8, 4) is 0 Å². The van der Waals surface area contributed by atoms with Gasteiger partial charge in [-0.2, -0.15) is 0 Å². The summed E-state index contributed by atoms with van der Waals surface area (Å²) in [5.74, 6) is -0.405. The van der Waals surface area contributed by atoms with E-state index in [9.17, 15) is 19.3 Å². The van der Waals surface area contributed by atoms with E-state index >= 15 is 0 Å².